The van der Waals surface area contributed by atoms with Crippen LogP contribution in [0.15, 0.2) is 36.6 Å². The molecule has 0 aliphatic carbocycles. The topological polar surface area (TPSA) is 97.1 Å². The molecular formula is C11H9NO7. The zero-order chi connectivity index (χ0) is 13.7. The minimum atomic E-state index is -0.936. The van der Waals surface area contributed by atoms with Crippen LogP contribution in [0.25, 0.3) is 0 Å². The Hall–Kier alpha value is -2.61. The fourth-order valence-electron chi connectivity index (χ4n) is 1.27. The van der Waals surface area contributed by atoms with Gasteiger partial charge in [0.05, 0.1) is 4.92 Å². The van der Waals surface area contributed by atoms with Crippen molar-refractivity contribution < 1.29 is 29.0 Å². The van der Waals surface area contributed by atoms with E-state index in [0.717, 1.165) is 0 Å². The quantitative estimate of drug-likeness (QED) is 0.271. The van der Waals surface area contributed by atoms with Crippen LogP contribution in [-0.4, -0.2) is 23.8 Å². The molecule has 1 aliphatic heterocycles. The highest BCUT2D eigenvalue weighted by molar-refractivity contribution is 5.64. The highest BCUT2D eigenvalue weighted by atomic mass is 17.2. The summed E-state index contributed by atoms with van der Waals surface area (Å²) >= 11 is 0. The van der Waals surface area contributed by atoms with Gasteiger partial charge < -0.3 is 14.4 Å². The Morgan fingerprint density at radius 1 is 1.37 bits per heavy atom. The molecule has 0 saturated carbocycles. The predicted molar refractivity (Wildman–Crippen MR) is 60.2 cm³/mol. The molecule has 0 spiro atoms. The van der Waals surface area contributed by atoms with Crippen molar-refractivity contribution in [2.75, 3.05) is 6.61 Å². The van der Waals surface area contributed by atoms with Crippen molar-refractivity contribution in [3.8, 4) is 5.75 Å². The number of carbonyl (C=O) groups is 1. The molecule has 100 valence electrons. The van der Waals surface area contributed by atoms with Gasteiger partial charge in [-0.05, 0) is 18.2 Å². The molecule has 0 fully saturated rings. The van der Waals surface area contributed by atoms with E-state index in [0.29, 0.717) is 0 Å². The van der Waals surface area contributed by atoms with Gasteiger partial charge in [-0.1, -0.05) is 0 Å². The number of non-ortho nitro benzene ring substituents is 1. The first kappa shape index (κ1) is 12.8. The number of carbonyl (C=O) groups excluding carboxylic acids is 1. The molecule has 1 aliphatic rings. The fraction of sp³-hybridized carbons (Fsp3) is 0.182. The lowest BCUT2D eigenvalue weighted by Gasteiger charge is -2.15. The molecule has 0 radical (unpaired) electrons. The molecule has 1 atom stereocenters. The lowest BCUT2D eigenvalue weighted by atomic mass is 10.3. The zero-order valence-electron chi connectivity index (χ0n) is 9.55. The van der Waals surface area contributed by atoms with Crippen LogP contribution in [0.1, 0.15) is 0 Å². The van der Waals surface area contributed by atoms with Crippen LogP contribution in [0.5, 0.6) is 5.75 Å². The van der Waals surface area contributed by atoms with Crippen molar-refractivity contribution in [3.05, 3.63) is 46.7 Å². The van der Waals surface area contributed by atoms with Gasteiger partial charge in [0.2, 0.25) is 0 Å². The Bertz CT molecular complexity index is 496. The molecule has 8 nitrogen and oxygen atoms in total. The second-order valence-corrected chi connectivity index (χ2v) is 3.47. The SMILES string of the molecule is O=C(Oc1ccc([N+](=O)[O-])cc1)OC1C=COOC1. The summed E-state index contributed by atoms with van der Waals surface area (Å²) in [5, 5.41) is 10.4. The van der Waals surface area contributed by atoms with Gasteiger partial charge >= 0.3 is 6.16 Å². The van der Waals surface area contributed by atoms with E-state index < -0.39 is 17.2 Å². The van der Waals surface area contributed by atoms with Crippen molar-refractivity contribution in [2.24, 2.45) is 0 Å². The molecule has 19 heavy (non-hydrogen) atoms. The van der Waals surface area contributed by atoms with E-state index >= 15 is 0 Å². The summed E-state index contributed by atoms with van der Waals surface area (Å²) in [7, 11) is 0. The highest BCUT2D eigenvalue weighted by Gasteiger charge is 2.17. The van der Waals surface area contributed by atoms with Crippen LogP contribution in [0.4, 0.5) is 10.5 Å². The molecule has 0 saturated heterocycles. The van der Waals surface area contributed by atoms with Crippen LogP contribution in [0.2, 0.25) is 0 Å². The van der Waals surface area contributed by atoms with Crippen molar-refractivity contribution in [3.63, 3.8) is 0 Å². The maximum absolute atomic E-state index is 11.4. The third-order valence-electron chi connectivity index (χ3n) is 2.15. The number of nitro groups is 1. The molecule has 1 aromatic rings. The van der Waals surface area contributed by atoms with Gasteiger partial charge in [0.1, 0.15) is 18.6 Å². The predicted octanol–water partition coefficient (Wildman–Crippen LogP) is 1.95. The van der Waals surface area contributed by atoms with Crippen molar-refractivity contribution in [1.82, 2.24) is 0 Å². The van der Waals surface area contributed by atoms with Crippen molar-refractivity contribution >= 4 is 11.8 Å². The molecular weight excluding hydrogens is 258 g/mol. The van der Waals surface area contributed by atoms with E-state index in [1.54, 1.807) is 0 Å². The Balaban J connectivity index is 1.89. The van der Waals surface area contributed by atoms with Crippen LogP contribution in [0.3, 0.4) is 0 Å². The van der Waals surface area contributed by atoms with Crippen LogP contribution < -0.4 is 4.74 Å². The first-order valence-electron chi connectivity index (χ1n) is 5.23. The molecule has 1 aromatic carbocycles. The molecule has 2 rings (SSSR count). The Kier molecular flexibility index (Phi) is 3.94. The van der Waals surface area contributed by atoms with Gasteiger partial charge in [0, 0.05) is 12.1 Å². The van der Waals surface area contributed by atoms with Crippen LogP contribution >= 0.6 is 0 Å². The number of nitro benzene ring substituents is 1. The smallest absolute Gasteiger partial charge is 0.424 e. The summed E-state index contributed by atoms with van der Waals surface area (Å²) in [6, 6.07) is 5.05. The fourth-order valence-corrected chi connectivity index (χ4v) is 1.27. The second kappa shape index (κ2) is 5.83. The summed E-state index contributed by atoms with van der Waals surface area (Å²) in [4.78, 5) is 30.3. The lowest BCUT2D eigenvalue weighted by molar-refractivity contribution is -0.384. The monoisotopic (exact) mass is 267 g/mol. The van der Waals surface area contributed by atoms with Crippen molar-refractivity contribution in [2.45, 2.75) is 6.10 Å². The first-order chi connectivity index (χ1) is 9.15. The number of ether oxygens (including phenoxy) is 2. The van der Waals surface area contributed by atoms with E-state index in [4.69, 9.17) is 9.47 Å². The molecule has 0 N–H and O–H groups in total. The third-order valence-corrected chi connectivity index (χ3v) is 2.15. The lowest BCUT2D eigenvalue weighted by Crippen LogP contribution is -2.25. The van der Waals surface area contributed by atoms with E-state index in [-0.39, 0.29) is 18.0 Å². The average molecular weight is 267 g/mol. The normalized spacial score (nSPS) is 17.4. The minimum Gasteiger partial charge on any atom is -0.424 e. The summed E-state index contributed by atoms with van der Waals surface area (Å²) < 4.78 is 9.72. The van der Waals surface area contributed by atoms with E-state index in [2.05, 4.69) is 9.78 Å². The molecule has 0 amide bonds. The standard InChI is InChI=1S/C11H9NO7/c13-11(19-10-5-6-16-17-7-10)18-9-3-1-8(2-4-9)12(14)15/h1-6,10H,7H2. The highest BCUT2D eigenvalue weighted by Crippen LogP contribution is 2.18. The molecule has 1 unspecified atom stereocenters. The Morgan fingerprint density at radius 3 is 2.68 bits per heavy atom. The first-order valence-corrected chi connectivity index (χ1v) is 5.23. The Labute approximate surface area is 107 Å². The summed E-state index contributed by atoms with van der Waals surface area (Å²) in [5.74, 6) is 0.146. The van der Waals surface area contributed by atoms with E-state index in [1.807, 2.05) is 0 Å². The van der Waals surface area contributed by atoms with Crippen LogP contribution in [-0.2, 0) is 14.5 Å². The van der Waals surface area contributed by atoms with Gasteiger partial charge in [-0.25, -0.2) is 4.79 Å². The second-order valence-electron chi connectivity index (χ2n) is 3.47. The maximum Gasteiger partial charge on any atom is 0.514 e. The number of rotatable bonds is 3. The third kappa shape index (κ3) is 3.68. The van der Waals surface area contributed by atoms with E-state index in [9.17, 15) is 14.9 Å². The summed E-state index contributed by atoms with van der Waals surface area (Å²) in [6.45, 7) is 0.0614. The van der Waals surface area contributed by atoms with Crippen molar-refractivity contribution in [1.29, 1.82) is 0 Å². The maximum atomic E-state index is 11.4. The Morgan fingerprint density at radius 2 is 2.11 bits per heavy atom. The summed E-state index contributed by atoms with van der Waals surface area (Å²) in [6.07, 6.45) is 1.20. The number of hydrogen-bond donors (Lipinski definition) is 0. The molecule has 0 aromatic heterocycles. The van der Waals surface area contributed by atoms with Gasteiger partial charge in [-0.3, -0.25) is 10.1 Å². The van der Waals surface area contributed by atoms with E-state index in [1.165, 1.54) is 36.6 Å². The number of hydrogen-bond acceptors (Lipinski definition) is 7. The molecule has 1 heterocycles. The molecule has 0 bridgehead atoms. The zero-order valence-corrected chi connectivity index (χ0v) is 9.55. The van der Waals surface area contributed by atoms with Gasteiger partial charge in [0.15, 0.2) is 6.10 Å². The average Bonchev–Trinajstić information content (AvgIpc) is 2.40. The largest absolute Gasteiger partial charge is 0.514 e. The minimum absolute atomic E-state index is 0.0614. The summed E-state index contributed by atoms with van der Waals surface area (Å²) in [5.41, 5.74) is -0.0959. The number of benzene rings is 1. The van der Waals surface area contributed by atoms with Gasteiger partial charge in [-0.2, -0.15) is 4.89 Å². The van der Waals surface area contributed by atoms with Crippen LogP contribution in [0, 0.1) is 10.1 Å². The van der Waals surface area contributed by atoms with Gasteiger partial charge in [-0.15, -0.1) is 0 Å². The number of nitrogens with zero attached hydrogens (tertiary/aromatic N) is 1. The van der Waals surface area contributed by atoms with Gasteiger partial charge in [0.25, 0.3) is 5.69 Å². The molecule has 8 heteroatoms.